The molecule has 3 N–H and O–H groups in total. The first-order valence-corrected chi connectivity index (χ1v) is 4.81. The molecule has 0 aliphatic carbocycles. The Morgan fingerprint density at radius 3 is 3.07 bits per heavy atom. The number of pyridine rings is 1. The van der Waals surface area contributed by atoms with Crippen molar-refractivity contribution in [2.45, 2.75) is 19.4 Å². The average molecular weight is 209 g/mol. The summed E-state index contributed by atoms with van der Waals surface area (Å²) in [4.78, 5) is 15.1. The molecular weight excluding hydrogens is 194 g/mol. The molecule has 0 aliphatic heterocycles. The number of aliphatic hydroxyl groups excluding tert-OH is 1. The Hall–Kier alpha value is -1.62. The number of nitrogens with one attached hydrogen (secondary N) is 2. The maximum atomic E-state index is 11.3. The standard InChI is InChI=1S/C10H15N3O2/c1-8(14)4-6-12-10(15)13-9-3-2-5-11-7-9/h2-3,5,7-8,14H,4,6H2,1H3,(H2,12,13,15). The van der Waals surface area contributed by atoms with E-state index in [2.05, 4.69) is 15.6 Å². The molecule has 1 aromatic rings. The molecule has 0 aromatic carbocycles. The summed E-state index contributed by atoms with van der Waals surface area (Å²) in [6.45, 7) is 2.13. The molecule has 1 atom stereocenters. The second kappa shape index (κ2) is 5.98. The van der Waals surface area contributed by atoms with Gasteiger partial charge in [0.15, 0.2) is 0 Å². The Kier molecular flexibility index (Phi) is 4.56. The van der Waals surface area contributed by atoms with Gasteiger partial charge in [0, 0.05) is 12.7 Å². The molecule has 0 aliphatic rings. The van der Waals surface area contributed by atoms with Crippen LogP contribution in [0.5, 0.6) is 0 Å². The van der Waals surface area contributed by atoms with Crippen molar-refractivity contribution in [2.24, 2.45) is 0 Å². The summed E-state index contributed by atoms with van der Waals surface area (Å²) in [5.41, 5.74) is 0.645. The van der Waals surface area contributed by atoms with Crippen molar-refractivity contribution in [3.8, 4) is 0 Å². The lowest BCUT2D eigenvalue weighted by Gasteiger charge is -2.07. The highest BCUT2D eigenvalue weighted by Crippen LogP contribution is 2.01. The lowest BCUT2D eigenvalue weighted by molar-refractivity contribution is 0.184. The van der Waals surface area contributed by atoms with Gasteiger partial charge in [-0.3, -0.25) is 4.98 Å². The number of amides is 2. The zero-order valence-electron chi connectivity index (χ0n) is 8.60. The topological polar surface area (TPSA) is 74.2 Å². The molecule has 0 spiro atoms. The predicted molar refractivity (Wildman–Crippen MR) is 57.6 cm³/mol. The number of hydrogen-bond donors (Lipinski definition) is 3. The molecule has 0 radical (unpaired) electrons. The van der Waals surface area contributed by atoms with Crippen molar-refractivity contribution in [1.82, 2.24) is 10.3 Å². The van der Waals surface area contributed by atoms with Gasteiger partial charge in [0.25, 0.3) is 0 Å². The number of aromatic nitrogens is 1. The molecule has 1 unspecified atom stereocenters. The van der Waals surface area contributed by atoms with Crippen molar-refractivity contribution >= 4 is 11.7 Å². The smallest absolute Gasteiger partial charge is 0.319 e. The van der Waals surface area contributed by atoms with Gasteiger partial charge in [-0.2, -0.15) is 0 Å². The van der Waals surface area contributed by atoms with Gasteiger partial charge in [-0.25, -0.2) is 4.79 Å². The second-order valence-electron chi connectivity index (χ2n) is 3.26. The van der Waals surface area contributed by atoms with Crippen LogP contribution in [-0.2, 0) is 0 Å². The lowest BCUT2D eigenvalue weighted by Crippen LogP contribution is -2.30. The predicted octanol–water partition coefficient (Wildman–Crippen LogP) is 0.974. The van der Waals surface area contributed by atoms with E-state index >= 15 is 0 Å². The number of nitrogens with zero attached hydrogens (tertiary/aromatic N) is 1. The third kappa shape index (κ3) is 4.97. The van der Waals surface area contributed by atoms with Gasteiger partial charge in [-0.1, -0.05) is 0 Å². The molecule has 1 aromatic heterocycles. The van der Waals surface area contributed by atoms with Crippen LogP contribution < -0.4 is 10.6 Å². The van der Waals surface area contributed by atoms with E-state index in [4.69, 9.17) is 5.11 Å². The van der Waals surface area contributed by atoms with Crippen LogP contribution in [0, 0.1) is 0 Å². The van der Waals surface area contributed by atoms with Gasteiger partial charge in [-0.05, 0) is 25.5 Å². The molecule has 0 saturated carbocycles. The van der Waals surface area contributed by atoms with Gasteiger partial charge in [0.1, 0.15) is 0 Å². The lowest BCUT2D eigenvalue weighted by atomic mass is 10.3. The maximum Gasteiger partial charge on any atom is 0.319 e. The minimum Gasteiger partial charge on any atom is -0.393 e. The number of carbonyl (C=O) groups is 1. The minimum absolute atomic E-state index is 0.288. The Morgan fingerprint density at radius 1 is 1.67 bits per heavy atom. The van der Waals surface area contributed by atoms with E-state index < -0.39 is 6.10 Å². The van der Waals surface area contributed by atoms with Crippen molar-refractivity contribution < 1.29 is 9.90 Å². The Morgan fingerprint density at radius 2 is 2.47 bits per heavy atom. The van der Waals surface area contributed by atoms with Crippen LogP contribution in [0.4, 0.5) is 10.5 Å². The SMILES string of the molecule is CC(O)CCNC(=O)Nc1cccnc1. The summed E-state index contributed by atoms with van der Waals surface area (Å²) in [7, 11) is 0. The Balaban J connectivity index is 2.25. The van der Waals surface area contributed by atoms with Gasteiger partial charge >= 0.3 is 6.03 Å². The van der Waals surface area contributed by atoms with Gasteiger partial charge in [-0.15, -0.1) is 0 Å². The van der Waals surface area contributed by atoms with Gasteiger partial charge < -0.3 is 15.7 Å². The quantitative estimate of drug-likeness (QED) is 0.691. The van der Waals surface area contributed by atoms with Crippen LogP contribution in [-0.4, -0.2) is 28.8 Å². The zero-order chi connectivity index (χ0) is 11.1. The second-order valence-corrected chi connectivity index (χ2v) is 3.26. The monoisotopic (exact) mass is 209 g/mol. The van der Waals surface area contributed by atoms with E-state index in [0.717, 1.165) is 0 Å². The van der Waals surface area contributed by atoms with E-state index in [1.54, 1.807) is 31.5 Å². The van der Waals surface area contributed by atoms with Gasteiger partial charge in [0.05, 0.1) is 18.0 Å². The number of urea groups is 1. The number of rotatable bonds is 4. The molecule has 15 heavy (non-hydrogen) atoms. The molecule has 0 bridgehead atoms. The zero-order valence-corrected chi connectivity index (χ0v) is 8.60. The fraction of sp³-hybridized carbons (Fsp3) is 0.400. The van der Waals surface area contributed by atoms with E-state index in [9.17, 15) is 4.79 Å². The van der Waals surface area contributed by atoms with E-state index in [-0.39, 0.29) is 6.03 Å². The van der Waals surface area contributed by atoms with Crippen molar-refractivity contribution in [3.63, 3.8) is 0 Å². The average Bonchev–Trinajstić information content (AvgIpc) is 2.18. The molecule has 5 nitrogen and oxygen atoms in total. The van der Waals surface area contributed by atoms with Crippen LogP contribution in [0.15, 0.2) is 24.5 Å². The highest BCUT2D eigenvalue weighted by molar-refractivity contribution is 5.88. The summed E-state index contributed by atoms with van der Waals surface area (Å²) >= 11 is 0. The number of hydrogen-bond acceptors (Lipinski definition) is 3. The Labute approximate surface area is 88.5 Å². The van der Waals surface area contributed by atoms with Crippen LogP contribution >= 0.6 is 0 Å². The fourth-order valence-corrected chi connectivity index (χ4v) is 1.01. The summed E-state index contributed by atoms with van der Waals surface area (Å²) < 4.78 is 0. The summed E-state index contributed by atoms with van der Waals surface area (Å²) in [5.74, 6) is 0. The number of aliphatic hydroxyl groups is 1. The number of carbonyl (C=O) groups excluding carboxylic acids is 1. The van der Waals surface area contributed by atoms with Crippen LogP contribution in [0.1, 0.15) is 13.3 Å². The summed E-state index contributed by atoms with van der Waals surface area (Å²) in [6.07, 6.45) is 3.34. The van der Waals surface area contributed by atoms with Crippen molar-refractivity contribution in [3.05, 3.63) is 24.5 Å². The van der Waals surface area contributed by atoms with Crippen LogP contribution in [0.2, 0.25) is 0 Å². The van der Waals surface area contributed by atoms with Crippen molar-refractivity contribution in [2.75, 3.05) is 11.9 Å². The highest BCUT2D eigenvalue weighted by atomic mass is 16.3. The largest absolute Gasteiger partial charge is 0.393 e. The molecule has 82 valence electrons. The fourth-order valence-electron chi connectivity index (χ4n) is 1.01. The van der Waals surface area contributed by atoms with Crippen LogP contribution in [0.3, 0.4) is 0 Å². The third-order valence-electron chi connectivity index (χ3n) is 1.77. The molecular formula is C10H15N3O2. The van der Waals surface area contributed by atoms with E-state index in [1.807, 2.05) is 0 Å². The molecule has 1 heterocycles. The van der Waals surface area contributed by atoms with E-state index in [0.29, 0.717) is 18.7 Å². The van der Waals surface area contributed by atoms with E-state index in [1.165, 1.54) is 0 Å². The first-order valence-electron chi connectivity index (χ1n) is 4.81. The first kappa shape index (κ1) is 11.5. The molecule has 0 fully saturated rings. The highest BCUT2D eigenvalue weighted by Gasteiger charge is 2.01. The maximum absolute atomic E-state index is 11.3. The first-order chi connectivity index (χ1) is 7.18. The third-order valence-corrected chi connectivity index (χ3v) is 1.77. The Bertz CT molecular complexity index is 301. The van der Waals surface area contributed by atoms with Crippen LogP contribution in [0.25, 0.3) is 0 Å². The number of anilines is 1. The minimum atomic E-state index is -0.399. The van der Waals surface area contributed by atoms with Crippen molar-refractivity contribution in [1.29, 1.82) is 0 Å². The summed E-state index contributed by atoms with van der Waals surface area (Å²) in [6, 6.07) is 3.20. The molecule has 1 rings (SSSR count). The molecule has 5 heteroatoms. The summed E-state index contributed by atoms with van der Waals surface area (Å²) in [5, 5.41) is 14.2. The molecule has 0 saturated heterocycles. The van der Waals surface area contributed by atoms with Gasteiger partial charge in [0.2, 0.25) is 0 Å². The molecule has 2 amide bonds. The normalized spacial score (nSPS) is 11.9.